The van der Waals surface area contributed by atoms with Crippen molar-refractivity contribution >= 4 is 16.9 Å². The third kappa shape index (κ3) is 3.12. The first-order valence-corrected chi connectivity index (χ1v) is 8.53. The van der Waals surface area contributed by atoms with Gasteiger partial charge in [-0.3, -0.25) is 4.79 Å². The Labute approximate surface area is 145 Å². The average molecular weight is 338 g/mol. The quantitative estimate of drug-likeness (QED) is 0.735. The van der Waals surface area contributed by atoms with Gasteiger partial charge in [0.05, 0.1) is 12.1 Å². The van der Waals surface area contributed by atoms with E-state index in [4.69, 9.17) is 0 Å². The van der Waals surface area contributed by atoms with Gasteiger partial charge in [-0.2, -0.15) is 0 Å². The van der Waals surface area contributed by atoms with Crippen LogP contribution >= 0.6 is 0 Å². The molecule has 1 aliphatic rings. The highest BCUT2D eigenvalue weighted by molar-refractivity contribution is 5.77. The van der Waals surface area contributed by atoms with Crippen LogP contribution in [0.4, 0.5) is 4.39 Å². The van der Waals surface area contributed by atoms with E-state index in [2.05, 4.69) is 10.3 Å². The standard InChI is InChI=1S/C19H19FN4O/c20-16-6-2-1-5-15(16)14-9-11-23(13-14)19(25)10-12-24-18-8-4-3-7-17(18)21-22-24/h1-8,14H,9-13H2. The molecule has 25 heavy (non-hydrogen) atoms. The van der Waals surface area contributed by atoms with Crippen LogP contribution < -0.4 is 0 Å². The van der Waals surface area contributed by atoms with Gasteiger partial charge in [-0.1, -0.05) is 35.5 Å². The Morgan fingerprint density at radius 1 is 1.16 bits per heavy atom. The largest absolute Gasteiger partial charge is 0.342 e. The van der Waals surface area contributed by atoms with Crippen LogP contribution in [0.2, 0.25) is 0 Å². The lowest BCUT2D eigenvalue weighted by Crippen LogP contribution is -2.29. The zero-order valence-electron chi connectivity index (χ0n) is 13.8. The monoisotopic (exact) mass is 338 g/mol. The van der Waals surface area contributed by atoms with Crippen molar-refractivity contribution in [2.24, 2.45) is 0 Å². The van der Waals surface area contributed by atoms with Crippen molar-refractivity contribution in [3.8, 4) is 0 Å². The van der Waals surface area contributed by atoms with E-state index in [0.29, 0.717) is 31.6 Å². The Hall–Kier alpha value is -2.76. The Bertz CT molecular complexity index is 907. The molecule has 0 spiro atoms. The Kier molecular flexibility index (Phi) is 4.17. The summed E-state index contributed by atoms with van der Waals surface area (Å²) >= 11 is 0. The number of aromatic nitrogens is 3. The van der Waals surface area contributed by atoms with E-state index >= 15 is 0 Å². The molecule has 1 unspecified atom stereocenters. The van der Waals surface area contributed by atoms with Gasteiger partial charge < -0.3 is 4.90 Å². The molecule has 0 radical (unpaired) electrons. The molecule has 128 valence electrons. The Balaban J connectivity index is 1.38. The van der Waals surface area contributed by atoms with Gasteiger partial charge in [-0.25, -0.2) is 9.07 Å². The van der Waals surface area contributed by atoms with Crippen LogP contribution in [-0.4, -0.2) is 38.9 Å². The smallest absolute Gasteiger partial charge is 0.224 e. The normalized spacial score (nSPS) is 17.3. The van der Waals surface area contributed by atoms with Gasteiger partial charge in [-0.15, -0.1) is 5.10 Å². The number of benzene rings is 2. The van der Waals surface area contributed by atoms with Crippen LogP contribution in [0, 0.1) is 5.82 Å². The lowest BCUT2D eigenvalue weighted by Gasteiger charge is -2.17. The van der Waals surface area contributed by atoms with Gasteiger partial charge in [0.2, 0.25) is 5.91 Å². The summed E-state index contributed by atoms with van der Waals surface area (Å²) < 4.78 is 15.7. The van der Waals surface area contributed by atoms with Crippen LogP contribution in [-0.2, 0) is 11.3 Å². The number of rotatable bonds is 4. The highest BCUT2D eigenvalue weighted by Crippen LogP contribution is 2.29. The molecule has 0 N–H and O–H groups in total. The summed E-state index contributed by atoms with van der Waals surface area (Å²) in [5.74, 6) is -0.0216. The number of hydrogen-bond acceptors (Lipinski definition) is 3. The van der Waals surface area contributed by atoms with Crippen molar-refractivity contribution in [2.45, 2.75) is 25.3 Å². The molecule has 1 aliphatic heterocycles. The summed E-state index contributed by atoms with van der Waals surface area (Å²) in [4.78, 5) is 14.3. The number of halogens is 1. The molecule has 1 aromatic heterocycles. The molecule has 6 heteroatoms. The lowest BCUT2D eigenvalue weighted by atomic mass is 9.98. The highest BCUT2D eigenvalue weighted by atomic mass is 19.1. The Morgan fingerprint density at radius 2 is 1.96 bits per heavy atom. The molecule has 1 fully saturated rings. The van der Waals surface area contributed by atoms with Crippen molar-refractivity contribution in [3.63, 3.8) is 0 Å². The number of amides is 1. The second-order valence-electron chi connectivity index (χ2n) is 6.40. The number of carbonyl (C=O) groups is 1. The predicted octanol–water partition coefficient (Wildman–Crippen LogP) is 2.98. The topological polar surface area (TPSA) is 51.0 Å². The summed E-state index contributed by atoms with van der Waals surface area (Å²) in [6.07, 6.45) is 1.18. The summed E-state index contributed by atoms with van der Waals surface area (Å²) in [6, 6.07) is 14.5. The van der Waals surface area contributed by atoms with Crippen molar-refractivity contribution in [1.29, 1.82) is 0 Å². The first-order valence-electron chi connectivity index (χ1n) is 8.53. The molecule has 1 atom stereocenters. The molecule has 0 bridgehead atoms. The first kappa shape index (κ1) is 15.7. The SMILES string of the molecule is O=C(CCn1nnc2ccccc21)N1CCC(c2ccccc2F)C1. The maximum absolute atomic E-state index is 13.9. The number of nitrogens with zero attached hydrogens (tertiary/aromatic N) is 4. The second-order valence-corrected chi connectivity index (χ2v) is 6.40. The molecule has 2 aromatic carbocycles. The van der Waals surface area contributed by atoms with E-state index in [1.54, 1.807) is 10.7 Å². The summed E-state index contributed by atoms with van der Waals surface area (Å²) in [7, 11) is 0. The number of fused-ring (bicyclic) bond motifs is 1. The first-order chi connectivity index (χ1) is 12.2. The van der Waals surface area contributed by atoms with Gasteiger partial charge in [0.1, 0.15) is 11.3 Å². The lowest BCUT2D eigenvalue weighted by molar-refractivity contribution is -0.130. The van der Waals surface area contributed by atoms with E-state index in [0.717, 1.165) is 17.5 Å². The van der Waals surface area contributed by atoms with Crippen LogP contribution in [0.3, 0.4) is 0 Å². The molecule has 4 rings (SSSR count). The van der Waals surface area contributed by atoms with Gasteiger partial charge in [-0.05, 0) is 30.2 Å². The molecule has 2 heterocycles. The maximum atomic E-state index is 13.9. The van der Waals surface area contributed by atoms with Crippen molar-refractivity contribution in [2.75, 3.05) is 13.1 Å². The van der Waals surface area contributed by atoms with Gasteiger partial charge in [0.25, 0.3) is 0 Å². The minimum atomic E-state index is -0.184. The van der Waals surface area contributed by atoms with Crippen molar-refractivity contribution in [1.82, 2.24) is 19.9 Å². The second kappa shape index (κ2) is 6.63. The number of aryl methyl sites for hydroxylation is 1. The zero-order chi connectivity index (χ0) is 17.2. The summed E-state index contributed by atoms with van der Waals surface area (Å²) in [5, 5.41) is 8.22. The van der Waals surface area contributed by atoms with E-state index in [-0.39, 0.29) is 17.6 Å². The number of hydrogen-bond donors (Lipinski definition) is 0. The molecule has 3 aromatic rings. The fraction of sp³-hybridized carbons (Fsp3) is 0.316. The fourth-order valence-electron chi connectivity index (χ4n) is 3.49. The molecule has 5 nitrogen and oxygen atoms in total. The molecule has 0 saturated carbocycles. The summed E-state index contributed by atoms with van der Waals surface area (Å²) in [5.41, 5.74) is 2.47. The fourth-order valence-corrected chi connectivity index (χ4v) is 3.49. The zero-order valence-corrected chi connectivity index (χ0v) is 13.8. The summed E-state index contributed by atoms with van der Waals surface area (Å²) in [6.45, 7) is 1.76. The highest BCUT2D eigenvalue weighted by Gasteiger charge is 2.28. The number of carbonyl (C=O) groups excluding carboxylic acids is 1. The third-order valence-corrected chi connectivity index (χ3v) is 4.84. The third-order valence-electron chi connectivity index (χ3n) is 4.84. The van der Waals surface area contributed by atoms with Gasteiger partial charge in [0.15, 0.2) is 0 Å². The average Bonchev–Trinajstić information content (AvgIpc) is 3.27. The van der Waals surface area contributed by atoms with E-state index < -0.39 is 0 Å². The van der Waals surface area contributed by atoms with Crippen LogP contribution in [0.1, 0.15) is 24.3 Å². The number of likely N-dealkylation sites (tertiary alicyclic amines) is 1. The molecule has 1 saturated heterocycles. The van der Waals surface area contributed by atoms with E-state index in [9.17, 15) is 9.18 Å². The van der Waals surface area contributed by atoms with Crippen molar-refractivity contribution < 1.29 is 9.18 Å². The van der Waals surface area contributed by atoms with Crippen LogP contribution in [0.15, 0.2) is 48.5 Å². The minimum absolute atomic E-state index is 0.0809. The van der Waals surface area contributed by atoms with Crippen molar-refractivity contribution in [3.05, 3.63) is 59.9 Å². The predicted molar refractivity (Wildman–Crippen MR) is 92.5 cm³/mol. The molecular formula is C19H19FN4O. The van der Waals surface area contributed by atoms with Gasteiger partial charge in [0, 0.05) is 25.4 Å². The van der Waals surface area contributed by atoms with E-state index in [1.165, 1.54) is 6.07 Å². The molecule has 1 amide bonds. The molecule has 0 aliphatic carbocycles. The maximum Gasteiger partial charge on any atom is 0.224 e. The Morgan fingerprint density at radius 3 is 2.84 bits per heavy atom. The van der Waals surface area contributed by atoms with Crippen LogP contribution in [0.25, 0.3) is 11.0 Å². The molecular weight excluding hydrogens is 319 g/mol. The minimum Gasteiger partial charge on any atom is -0.342 e. The van der Waals surface area contributed by atoms with E-state index in [1.807, 2.05) is 41.3 Å². The van der Waals surface area contributed by atoms with Gasteiger partial charge >= 0.3 is 0 Å². The number of para-hydroxylation sites is 1. The van der Waals surface area contributed by atoms with Crippen LogP contribution in [0.5, 0.6) is 0 Å².